The molecule has 5 heteroatoms. The van der Waals surface area contributed by atoms with Crippen molar-refractivity contribution in [3.63, 3.8) is 0 Å². The van der Waals surface area contributed by atoms with Crippen LogP contribution in [0.15, 0.2) is 0 Å². The molecule has 0 fully saturated rings. The lowest BCUT2D eigenvalue weighted by atomic mass is 10.1. The Kier molecular flexibility index (Phi) is 4.71. The molecule has 5 nitrogen and oxygen atoms in total. The van der Waals surface area contributed by atoms with Crippen LogP contribution in [0.3, 0.4) is 0 Å². The average Bonchev–Trinajstić information content (AvgIpc) is 2.67. The van der Waals surface area contributed by atoms with E-state index in [0.717, 1.165) is 12.2 Å². The summed E-state index contributed by atoms with van der Waals surface area (Å²) in [7, 11) is 1.66. The van der Waals surface area contributed by atoms with Crippen molar-refractivity contribution >= 4 is 0 Å². The predicted octanol–water partition coefficient (Wildman–Crippen LogP) is 0.930. The third-order valence-corrected chi connectivity index (χ3v) is 2.57. The number of aliphatic hydroxyl groups excluding tert-OH is 1. The van der Waals surface area contributed by atoms with Crippen molar-refractivity contribution in [2.75, 3.05) is 13.7 Å². The topological polar surface area (TPSA) is 60.2 Å². The van der Waals surface area contributed by atoms with Crippen molar-refractivity contribution in [3.8, 4) is 0 Å². The second-order valence-electron chi connectivity index (χ2n) is 3.59. The summed E-state index contributed by atoms with van der Waals surface area (Å²) in [6.07, 6.45) is 1.01. The molecule has 0 amide bonds. The standard InChI is InChI=1S/C10H19N3O2/c1-4-8(2)10-12-11-9(7-14)13(10)5-6-15-3/h8,14H,4-7H2,1-3H3. The molecule has 1 aromatic rings. The van der Waals surface area contributed by atoms with Crippen molar-refractivity contribution in [3.05, 3.63) is 11.6 Å². The number of methoxy groups -OCH3 is 1. The summed E-state index contributed by atoms with van der Waals surface area (Å²) < 4.78 is 6.97. The zero-order chi connectivity index (χ0) is 11.3. The summed E-state index contributed by atoms with van der Waals surface area (Å²) in [6, 6.07) is 0. The number of ether oxygens (including phenoxy) is 1. The Morgan fingerprint density at radius 3 is 2.73 bits per heavy atom. The molecule has 1 unspecified atom stereocenters. The van der Waals surface area contributed by atoms with Gasteiger partial charge >= 0.3 is 0 Å². The van der Waals surface area contributed by atoms with Gasteiger partial charge in [-0.3, -0.25) is 0 Å². The molecule has 1 aromatic heterocycles. The molecular weight excluding hydrogens is 194 g/mol. The van der Waals surface area contributed by atoms with Crippen molar-refractivity contribution in [2.45, 2.75) is 39.3 Å². The van der Waals surface area contributed by atoms with Gasteiger partial charge in [0.25, 0.3) is 0 Å². The van der Waals surface area contributed by atoms with Crippen molar-refractivity contribution in [2.24, 2.45) is 0 Å². The Morgan fingerprint density at radius 2 is 2.20 bits per heavy atom. The lowest BCUT2D eigenvalue weighted by molar-refractivity contribution is 0.181. The first-order valence-electron chi connectivity index (χ1n) is 5.26. The molecule has 1 atom stereocenters. The van der Waals surface area contributed by atoms with Crippen LogP contribution in [0.25, 0.3) is 0 Å². The highest BCUT2D eigenvalue weighted by Gasteiger charge is 2.15. The Labute approximate surface area is 90.1 Å². The predicted molar refractivity (Wildman–Crippen MR) is 56.5 cm³/mol. The Morgan fingerprint density at radius 1 is 1.47 bits per heavy atom. The monoisotopic (exact) mass is 213 g/mol. The fraction of sp³-hybridized carbons (Fsp3) is 0.800. The van der Waals surface area contributed by atoms with Gasteiger partial charge in [-0.25, -0.2) is 0 Å². The third kappa shape index (κ3) is 2.76. The van der Waals surface area contributed by atoms with Crippen LogP contribution in [0.4, 0.5) is 0 Å². The van der Waals surface area contributed by atoms with E-state index in [9.17, 15) is 0 Å². The van der Waals surface area contributed by atoms with Crippen LogP contribution in [0.1, 0.15) is 37.8 Å². The van der Waals surface area contributed by atoms with Gasteiger partial charge < -0.3 is 14.4 Å². The molecule has 0 saturated heterocycles. The molecular formula is C10H19N3O2. The normalized spacial score (nSPS) is 13.1. The zero-order valence-corrected chi connectivity index (χ0v) is 9.60. The molecule has 0 bridgehead atoms. The summed E-state index contributed by atoms with van der Waals surface area (Å²) in [5.41, 5.74) is 0. The van der Waals surface area contributed by atoms with Gasteiger partial charge in [-0.1, -0.05) is 13.8 Å². The largest absolute Gasteiger partial charge is 0.388 e. The second kappa shape index (κ2) is 5.82. The first kappa shape index (κ1) is 12.1. The van der Waals surface area contributed by atoms with Crippen LogP contribution in [0, 0.1) is 0 Å². The van der Waals surface area contributed by atoms with Gasteiger partial charge in [0.2, 0.25) is 0 Å². The molecule has 1 heterocycles. The Bertz CT molecular complexity index is 299. The molecule has 0 aromatic carbocycles. The van der Waals surface area contributed by atoms with E-state index in [1.54, 1.807) is 7.11 Å². The smallest absolute Gasteiger partial charge is 0.158 e. The van der Waals surface area contributed by atoms with Gasteiger partial charge in [-0.05, 0) is 6.42 Å². The van der Waals surface area contributed by atoms with E-state index in [4.69, 9.17) is 9.84 Å². The maximum absolute atomic E-state index is 9.12. The van der Waals surface area contributed by atoms with Crippen molar-refractivity contribution in [1.29, 1.82) is 0 Å². The Balaban J connectivity index is 2.89. The minimum atomic E-state index is -0.0762. The van der Waals surface area contributed by atoms with Gasteiger partial charge in [0, 0.05) is 19.6 Å². The third-order valence-electron chi connectivity index (χ3n) is 2.57. The molecule has 1 rings (SSSR count). The maximum atomic E-state index is 9.12. The van der Waals surface area contributed by atoms with Gasteiger partial charge in [0.15, 0.2) is 5.82 Å². The molecule has 0 aliphatic rings. The minimum Gasteiger partial charge on any atom is -0.388 e. The fourth-order valence-electron chi connectivity index (χ4n) is 1.44. The lowest BCUT2D eigenvalue weighted by Gasteiger charge is -2.12. The highest BCUT2D eigenvalue weighted by Crippen LogP contribution is 2.17. The summed E-state index contributed by atoms with van der Waals surface area (Å²) >= 11 is 0. The first-order chi connectivity index (χ1) is 7.24. The first-order valence-corrected chi connectivity index (χ1v) is 5.26. The highest BCUT2D eigenvalue weighted by atomic mass is 16.5. The molecule has 15 heavy (non-hydrogen) atoms. The summed E-state index contributed by atoms with van der Waals surface area (Å²) in [4.78, 5) is 0. The second-order valence-corrected chi connectivity index (χ2v) is 3.59. The van der Waals surface area contributed by atoms with Crippen LogP contribution < -0.4 is 0 Å². The van der Waals surface area contributed by atoms with E-state index in [0.29, 0.717) is 24.9 Å². The molecule has 1 N–H and O–H groups in total. The number of hydrogen-bond donors (Lipinski definition) is 1. The van der Waals surface area contributed by atoms with Gasteiger partial charge in [0.1, 0.15) is 12.4 Å². The molecule has 0 spiro atoms. The van der Waals surface area contributed by atoms with Gasteiger partial charge in [-0.15, -0.1) is 10.2 Å². The van der Waals surface area contributed by atoms with Crippen molar-refractivity contribution in [1.82, 2.24) is 14.8 Å². The van der Waals surface area contributed by atoms with Crippen LogP contribution in [0.2, 0.25) is 0 Å². The maximum Gasteiger partial charge on any atom is 0.158 e. The van der Waals surface area contributed by atoms with Gasteiger partial charge in [-0.2, -0.15) is 0 Å². The number of hydrogen-bond acceptors (Lipinski definition) is 4. The van der Waals surface area contributed by atoms with Crippen molar-refractivity contribution < 1.29 is 9.84 Å². The van der Waals surface area contributed by atoms with Crippen LogP contribution >= 0.6 is 0 Å². The van der Waals surface area contributed by atoms with Crippen LogP contribution in [0.5, 0.6) is 0 Å². The number of aromatic nitrogens is 3. The zero-order valence-electron chi connectivity index (χ0n) is 9.60. The highest BCUT2D eigenvalue weighted by molar-refractivity contribution is 5.00. The van der Waals surface area contributed by atoms with Crippen LogP contribution in [-0.2, 0) is 17.9 Å². The van der Waals surface area contributed by atoms with E-state index in [-0.39, 0.29) is 6.61 Å². The number of rotatable bonds is 6. The van der Waals surface area contributed by atoms with E-state index < -0.39 is 0 Å². The summed E-state index contributed by atoms with van der Waals surface area (Å²) in [5.74, 6) is 1.90. The van der Waals surface area contributed by atoms with E-state index in [2.05, 4.69) is 24.0 Å². The number of aliphatic hydroxyl groups is 1. The lowest BCUT2D eigenvalue weighted by Crippen LogP contribution is -2.13. The molecule has 0 aliphatic carbocycles. The van der Waals surface area contributed by atoms with E-state index in [1.807, 2.05) is 4.57 Å². The molecule has 86 valence electrons. The summed E-state index contributed by atoms with van der Waals surface area (Å²) in [6.45, 7) is 5.44. The van der Waals surface area contributed by atoms with E-state index in [1.165, 1.54) is 0 Å². The van der Waals surface area contributed by atoms with Gasteiger partial charge in [0.05, 0.1) is 6.61 Å². The molecule has 0 aliphatic heterocycles. The summed E-state index contributed by atoms with van der Waals surface area (Å²) in [5, 5.41) is 17.2. The quantitative estimate of drug-likeness (QED) is 0.763. The fourth-order valence-corrected chi connectivity index (χ4v) is 1.44. The van der Waals surface area contributed by atoms with Crippen LogP contribution in [-0.4, -0.2) is 33.6 Å². The molecule has 0 saturated carbocycles. The SMILES string of the molecule is CCC(C)c1nnc(CO)n1CCOC. The van der Waals surface area contributed by atoms with E-state index >= 15 is 0 Å². The average molecular weight is 213 g/mol. The Hall–Kier alpha value is -0.940. The minimum absolute atomic E-state index is 0.0762. The number of nitrogens with zero attached hydrogens (tertiary/aromatic N) is 3. The molecule has 0 radical (unpaired) electrons.